The van der Waals surface area contributed by atoms with Gasteiger partial charge in [0.25, 0.3) is 5.91 Å². The third kappa shape index (κ3) is 3.84. The van der Waals surface area contributed by atoms with E-state index >= 15 is 0 Å². The Morgan fingerprint density at radius 2 is 1.68 bits per heavy atom. The summed E-state index contributed by atoms with van der Waals surface area (Å²) in [6.45, 7) is 4.21. The first kappa shape index (κ1) is 20.8. The van der Waals surface area contributed by atoms with E-state index in [9.17, 15) is 9.59 Å². The quantitative estimate of drug-likeness (QED) is 0.783. The van der Waals surface area contributed by atoms with E-state index < -0.39 is 12.1 Å². The van der Waals surface area contributed by atoms with Gasteiger partial charge in [-0.3, -0.25) is 9.69 Å². The predicted octanol–water partition coefficient (Wildman–Crippen LogP) is 4.25. The van der Waals surface area contributed by atoms with Crippen molar-refractivity contribution in [2.45, 2.75) is 76.4 Å². The molecule has 2 saturated carbocycles. The number of nitrogens with zero attached hydrogens (tertiary/aromatic N) is 2. The highest BCUT2D eigenvalue weighted by Crippen LogP contribution is 2.44. The van der Waals surface area contributed by atoms with Crippen molar-refractivity contribution in [3.63, 3.8) is 0 Å². The molecule has 0 aromatic heterocycles. The Morgan fingerprint density at radius 1 is 1.03 bits per heavy atom. The zero-order valence-corrected chi connectivity index (χ0v) is 18.6. The second-order valence-electron chi connectivity index (χ2n) is 9.70. The number of rotatable bonds is 4. The fourth-order valence-corrected chi connectivity index (χ4v) is 6.83. The maximum Gasteiger partial charge on any atom is 0.408 e. The van der Waals surface area contributed by atoms with E-state index in [2.05, 4.69) is 10.2 Å². The summed E-state index contributed by atoms with van der Waals surface area (Å²) in [5.41, 5.74) is 1.83. The molecule has 2 aliphatic heterocycles. The molecule has 1 aromatic rings. The Balaban J connectivity index is 1.29. The number of alkyl carbamates (subject to hydrolysis) is 1. The summed E-state index contributed by atoms with van der Waals surface area (Å²) in [5.74, 6) is 1.75. The maximum absolute atomic E-state index is 13.4. The third-order valence-electron chi connectivity index (χ3n) is 8.08. The molecular weight excluding hydrogens is 390 g/mol. The van der Waals surface area contributed by atoms with Gasteiger partial charge in [-0.05, 0) is 63.4 Å². The molecule has 0 radical (unpaired) electrons. The van der Waals surface area contributed by atoms with Crippen LogP contribution in [-0.2, 0) is 9.53 Å². The van der Waals surface area contributed by atoms with E-state index in [1.807, 2.05) is 29.2 Å². The molecule has 1 atom stereocenters. The molecule has 0 spiro atoms. The molecule has 2 aliphatic carbocycles. The number of para-hydroxylation sites is 1. The molecule has 2 bridgehead atoms. The largest absolute Gasteiger partial charge is 0.450 e. The van der Waals surface area contributed by atoms with Crippen LogP contribution in [0.15, 0.2) is 24.3 Å². The van der Waals surface area contributed by atoms with E-state index in [0.29, 0.717) is 6.61 Å². The normalized spacial score (nSPS) is 31.4. The van der Waals surface area contributed by atoms with Gasteiger partial charge in [0.1, 0.15) is 6.04 Å². The van der Waals surface area contributed by atoms with Gasteiger partial charge in [-0.1, -0.05) is 31.0 Å². The van der Waals surface area contributed by atoms with Gasteiger partial charge in [0.05, 0.1) is 6.61 Å². The van der Waals surface area contributed by atoms with Crippen molar-refractivity contribution in [3.05, 3.63) is 29.8 Å². The van der Waals surface area contributed by atoms with Crippen molar-refractivity contribution in [1.82, 2.24) is 10.2 Å². The first-order chi connectivity index (χ1) is 15.2. The van der Waals surface area contributed by atoms with Gasteiger partial charge in [-0.2, -0.15) is 0 Å². The minimum Gasteiger partial charge on any atom is -0.450 e. The van der Waals surface area contributed by atoms with Crippen LogP contribution in [0.25, 0.3) is 0 Å². The number of likely N-dealkylation sites (tertiary alicyclic amines) is 1. The standard InChI is InChI=1S/C25H35N3O3/c1-2-31-25(30)26-22-20-11-3-4-12-21(20)28(24(22)29)19-13-15-27(16-14-19)23-17-7-5-8-18(23)10-6-9-17/h3-4,11-12,17-19,22-23H,2,5-10,13-16H2,1H3,(H,26,30). The number of ether oxygens (including phenoxy) is 1. The molecule has 1 N–H and O–H groups in total. The summed E-state index contributed by atoms with van der Waals surface area (Å²) < 4.78 is 5.04. The molecule has 2 heterocycles. The Hall–Kier alpha value is -2.08. The van der Waals surface area contributed by atoms with Gasteiger partial charge in [-0.15, -0.1) is 0 Å². The molecule has 168 valence electrons. The summed E-state index contributed by atoms with van der Waals surface area (Å²) in [4.78, 5) is 30.1. The highest BCUT2D eigenvalue weighted by molar-refractivity contribution is 6.06. The molecule has 4 aliphatic rings. The van der Waals surface area contributed by atoms with Crippen LogP contribution in [0.2, 0.25) is 0 Å². The number of hydrogen-bond donors (Lipinski definition) is 1. The summed E-state index contributed by atoms with van der Waals surface area (Å²) in [5, 5.41) is 2.78. The predicted molar refractivity (Wildman–Crippen MR) is 120 cm³/mol. The Kier molecular flexibility index (Phi) is 5.91. The van der Waals surface area contributed by atoms with Crippen molar-refractivity contribution >= 4 is 17.7 Å². The molecule has 1 aromatic carbocycles. The number of amides is 2. The van der Waals surface area contributed by atoms with Crippen LogP contribution in [0.4, 0.5) is 10.5 Å². The van der Waals surface area contributed by atoms with Crippen LogP contribution in [-0.4, -0.2) is 48.7 Å². The van der Waals surface area contributed by atoms with Gasteiger partial charge >= 0.3 is 6.09 Å². The molecule has 1 saturated heterocycles. The average Bonchev–Trinajstić information content (AvgIpc) is 3.05. The molecule has 6 heteroatoms. The topological polar surface area (TPSA) is 61.9 Å². The number of anilines is 1. The number of carbonyl (C=O) groups is 2. The number of benzene rings is 1. The van der Waals surface area contributed by atoms with Crippen LogP contribution < -0.4 is 10.2 Å². The molecule has 5 rings (SSSR count). The number of carbonyl (C=O) groups excluding carboxylic acids is 2. The lowest BCUT2D eigenvalue weighted by atomic mass is 9.67. The molecular formula is C25H35N3O3. The second-order valence-corrected chi connectivity index (χ2v) is 9.70. The molecule has 1 unspecified atom stereocenters. The maximum atomic E-state index is 13.4. The van der Waals surface area contributed by atoms with Gasteiger partial charge in [0.15, 0.2) is 0 Å². The van der Waals surface area contributed by atoms with E-state index in [1.165, 1.54) is 38.5 Å². The van der Waals surface area contributed by atoms with Gasteiger partial charge in [0, 0.05) is 36.4 Å². The molecule has 2 amide bonds. The van der Waals surface area contributed by atoms with Crippen molar-refractivity contribution in [2.24, 2.45) is 11.8 Å². The summed E-state index contributed by atoms with van der Waals surface area (Å²) >= 11 is 0. The Bertz CT molecular complexity index is 798. The lowest BCUT2D eigenvalue weighted by Gasteiger charge is -2.50. The van der Waals surface area contributed by atoms with E-state index in [4.69, 9.17) is 4.74 Å². The van der Waals surface area contributed by atoms with Gasteiger partial charge in [0.2, 0.25) is 0 Å². The zero-order chi connectivity index (χ0) is 21.4. The highest BCUT2D eigenvalue weighted by Gasteiger charge is 2.45. The summed E-state index contributed by atoms with van der Waals surface area (Å²) in [6.07, 6.45) is 9.91. The number of piperidine rings is 1. The second kappa shape index (κ2) is 8.81. The fourth-order valence-electron chi connectivity index (χ4n) is 6.83. The fraction of sp³-hybridized carbons (Fsp3) is 0.680. The monoisotopic (exact) mass is 425 g/mol. The number of hydrogen-bond acceptors (Lipinski definition) is 4. The Morgan fingerprint density at radius 3 is 2.32 bits per heavy atom. The first-order valence-electron chi connectivity index (χ1n) is 12.3. The van der Waals surface area contributed by atoms with E-state index in [0.717, 1.165) is 55.1 Å². The van der Waals surface area contributed by atoms with Crippen LogP contribution >= 0.6 is 0 Å². The molecule has 31 heavy (non-hydrogen) atoms. The minimum atomic E-state index is -0.647. The van der Waals surface area contributed by atoms with Gasteiger partial charge in [-0.25, -0.2) is 4.79 Å². The van der Waals surface area contributed by atoms with Crippen molar-refractivity contribution in [1.29, 1.82) is 0 Å². The van der Waals surface area contributed by atoms with Crippen LogP contribution in [0, 0.1) is 11.8 Å². The van der Waals surface area contributed by atoms with Crippen molar-refractivity contribution < 1.29 is 14.3 Å². The lowest BCUT2D eigenvalue weighted by molar-refractivity contribution is -0.120. The smallest absolute Gasteiger partial charge is 0.408 e. The SMILES string of the molecule is CCOC(=O)NC1C(=O)N(C2CCN(C3C4CCCC3CCC4)CC2)c2ccccc21. The Labute approximate surface area is 185 Å². The molecule has 3 fully saturated rings. The van der Waals surface area contributed by atoms with Gasteiger partial charge < -0.3 is 15.0 Å². The minimum absolute atomic E-state index is 0.0257. The number of fused-ring (bicyclic) bond motifs is 3. The van der Waals surface area contributed by atoms with Crippen molar-refractivity contribution in [3.8, 4) is 0 Å². The van der Waals surface area contributed by atoms with E-state index in [1.54, 1.807) is 6.92 Å². The average molecular weight is 426 g/mol. The third-order valence-corrected chi connectivity index (χ3v) is 8.08. The van der Waals surface area contributed by atoms with Crippen LogP contribution in [0.3, 0.4) is 0 Å². The van der Waals surface area contributed by atoms with Crippen molar-refractivity contribution in [2.75, 3.05) is 24.6 Å². The first-order valence-corrected chi connectivity index (χ1v) is 12.3. The zero-order valence-electron chi connectivity index (χ0n) is 18.6. The summed E-state index contributed by atoms with van der Waals surface area (Å²) in [7, 11) is 0. The summed E-state index contributed by atoms with van der Waals surface area (Å²) in [6, 6.07) is 8.18. The van der Waals surface area contributed by atoms with E-state index in [-0.39, 0.29) is 11.9 Å². The van der Waals surface area contributed by atoms with Crippen LogP contribution in [0.5, 0.6) is 0 Å². The number of nitrogens with one attached hydrogen (secondary N) is 1. The van der Waals surface area contributed by atoms with Crippen LogP contribution in [0.1, 0.15) is 69.9 Å². The molecule has 6 nitrogen and oxygen atoms in total. The highest BCUT2D eigenvalue weighted by atomic mass is 16.5. The lowest BCUT2D eigenvalue weighted by Crippen LogP contribution is -2.55.